The van der Waals surface area contributed by atoms with Gasteiger partial charge in [-0.2, -0.15) is 5.10 Å². The molecule has 0 aliphatic heterocycles. The monoisotopic (exact) mass is 435 g/mol. The van der Waals surface area contributed by atoms with E-state index in [0.717, 1.165) is 33.2 Å². The Bertz CT molecular complexity index is 1390. The van der Waals surface area contributed by atoms with Crippen LogP contribution in [-0.2, 0) is 29.2 Å². The number of sulfone groups is 1. The average molecular weight is 436 g/mol. The number of rotatable bonds is 6. The van der Waals surface area contributed by atoms with Gasteiger partial charge in [-0.1, -0.05) is 37.3 Å². The molecule has 0 fully saturated rings. The van der Waals surface area contributed by atoms with Gasteiger partial charge in [0.2, 0.25) is 0 Å². The maximum Gasteiger partial charge on any atom is 0.253 e. The predicted octanol–water partition coefficient (Wildman–Crippen LogP) is 3.69. The second-order valence-corrected chi connectivity index (χ2v) is 10.2. The van der Waals surface area contributed by atoms with Crippen molar-refractivity contribution in [3.05, 3.63) is 88.0 Å². The summed E-state index contributed by atoms with van der Waals surface area (Å²) in [6.45, 7) is 4.03. The lowest BCUT2D eigenvalue weighted by molar-refractivity contribution is 0.596. The van der Waals surface area contributed by atoms with Crippen LogP contribution in [0.2, 0.25) is 0 Å². The summed E-state index contributed by atoms with van der Waals surface area (Å²) in [5.41, 5.74) is 5.02. The highest BCUT2D eigenvalue weighted by atomic mass is 32.2. The lowest BCUT2D eigenvalue weighted by Gasteiger charge is -2.12. The van der Waals surface area contributed by atoms with Crippen molar-refractivity contribution in [2.24, 2.45) is 7.05 Å². The number of hydrogen-bond donors (Lipinski definition) is 0. The molecule has 0 atom stereocenters. The Hall–Kier alpha value is -3.19. The first-order chi connectivity index (χ1) is 14.8. The Labute approximate surface area is 181 Å². The summed E-state index contributed by atoms with van der Waals surface area (Å²) >= 11 is 0. The Kier molecular flexibility index (Phi) is 5.54. The third kappa shape index (κ3) is 4.32. The fourth-order valence-electron chi connectivity index (χ4n) is 3.79. The molecule has 2 aromatic carbocycles. The maximum absolute atomic E-state index is 12.4. The van der Waals surface area contributed by atoms with Crippen LogP contribution in [0.1, 0.15) is 23.6 Å². The Morgan fingerprint density at radius 1 is 1.03 bits per heavy atom. The average Bonchev–Trinajstić information content (AvgIpc) is 3.15. The largest absolute Gasteiger partial charge is 0.318 e. The number of aromatic nitrogens is 3. The van der Waals surface area contributed by atoms with Crippen molar-refractivity contribution in [2.45, 2.75) is 26.1 Å². The summed E-state index contributed by atoms with van der Waals surface area (Å²) in [6, 6.07) is 15.8. The summed E-state index contributed by atoms with van der Waals surface area (Å²) in [7, 11) is -1.51. The standard InChI is InChI=1S/C24H25N3O3S/c1-4-31(29,30)16-21-11-19(20-10-17(2)24(28)26(3)15-20)12-23-22(21)13-25-27(23)14-18-8-6-5-7-9-18/h5-13,15H,4,14,16H2,1-3H3. The molecule has 31 heavy (non-hydrogen) atoms. The number of benzene rings is 2. The molecule has 0 spiro atoms. The summed E-state index contributed by atoms with van der Waals surface area (Å²) in [4.78, 5) is 12.1. The van der Waals surface area contributed by atoms with Gasteiger partial charge in [-0.3, -0.25) is 9.48 Å². The van der Waals surface area contributed by atoms with E-state index in [1.807, 2.05) is 53.2 Å². The lowest BCUT2D eigenvalue weighted by Crippen LogP contribution is -2.18. The summed E-state index contributed by atoms with van der Waals surface area (Å²) in [5, 5.41) is 5.39. The number of aryl methyl sites for hydroxylation is 2. The SMILES string of the molecule is CCS(=O)(=O)Cc1cc(-c2cc(C)c(=O)n(C)c2)cc2c1cnn2Cc1ccccc1. The number of fused-ring (bicyclic) bond motifs is 1. The number of hydrogen-bond acceptors (Lipinski definition) is 4. The van der Waals surface area contributed by atoms with Crippen LogP contribution in [0.15, 0.2) is 65.7 Å². The molecule has 0 radical (unpaired) electrons. The van der Waals surface area contributed by atoms with Gasteiger partial charge in [-0.05, 0) is 47.4 Å². The zero-order valence-corrected chi connectivity index (χ0v) is 18.7. The molecule has 0 bridgehead atoms. The van der Waals surface area contributed by atoms with Gasteiger partial charge in [0, 0.05) is 29.9 Å². The molecule has 0 saturated heterocycles. The molecule has 4 rings (SSSR count). The molecular weight excluding hydrogens is 410 g/mol. The molecule has 2 heterocycles. The van der Waals surface area contributed by atoms with Crippen LogP contribution in [0.4, 0.5) is 0 Å². The second-order valence-electron chi connectivity index (χ2n) is 7.86. The quantitative estimate of drug-likeness (QED) is 0.463. The molecule has 0 amide bonds. The topological polar surface area (TPSA) is 74.0 Å². The first-order valence-corrected chi connectivity index (χ1v) is 12.0. The van der Waals surface area contributed by atoms with E-state index in [-0.39, 0.29) is 17.1 Å². The van der Waals surface area contributed by atoms with Gasteiger partial charge in [0.05, 0.1) is 24.0 Å². The zero-order valence-electron chi connectivity index (χ0n) is 17.9. The van der Waals surface area contributed by atoms with Gasteiger partial charge in [0.1, 0.15) is 0 Å². The molecule has 0 aliphatic carbocycles. The van der Waals surface area contributed by atoms with Crippen LogP contribution in [0, 0.1) is 6.92 Å². The van der Waals surface area contributed by atoms with Crippen LogP contribution in [0.25, 0.3) is 22.0 Å². The van der Waals surface area contributed by atoms with Crippen molar-refractivity contribution >= 4 is 20.7 Å². The first kappa shape index (κ1) is 21.1. The van der Waals surface area contributed by atoms with E-state index in [1.165, 1.54) is 0 Å². The smallest absolute Gasteiger partial charge is 0.253 e. The lowest BCUT2D eigenvalue weighted by atomic mass is 10.0. The van der Waals surface area contributed by atoms with Gasteiger partial charge in [-0.15, -0.1) is 0 Å². The van der Waals surface area contributed by atoms with Crippen LogP contribution in [-0.4, -0.2) is 28.5 Å². The van der Waals surface area contributed by atoms with Crippen molar-refractivity contribution in [3.63, 3.8) is 0 Å². The predicted molar refractivity (Wildman–Crippen MR) is 124 cm³/mol. The van der Waals surface area contributed by atoms with Gasteiger partial charge in [-0.25, -0.2) is 8.42 Å². The summed E-state index contributed by atoms with van der Waals surface area (Å²) < 4.78 is 28.3. The molecular formula is C24H25N3O3S. The highest BCUT2D eigenvalue weighted by Gasteiger charge is 2.17. The van der Waals surface area contributed by atoms with E-state index in [0.29, 0.717) is 12.1 Å². The Morgan fingerprint density at radius 2 is 1.77 bits per heavy atom. The van der Waals surface area contributed by atoms with Crippen LogP contribution >= 0.6 is 0 Å². The van der Waals surface area contributed by atoms with Crippen molar-refractivity contribution in [1.82, 2.24) is 14.3 Å². The van der Waals surface area contributed by atoms with Gasteiger partial charge >= 0.3 is 0 Å². The van der Waals surface area contributed by atoms with Crippen molar-refractivity contribution < 1.29 is 8.42 Å². The van der Waals surface area contributed by atoms with E-state index in [4.69, 9.17) is 0 Å². The molecule has 0 aliphatic rings. The van der Waals surface area contributed by atoms with Crippen LogP contribution < -0.4 is 5.56 Å². The van der Waals surface area contributed by atoms with E-state index in [9.17, 15) is 13.2 Å². The fourth-order valence-corrected chi connectivity index (χ4v) is 4.71. The molecule has 160 valence electrons. The van der Waals surface area contributed by atoms with Crippen molar-refractivity contribution in [2.75, 3.05) is 5.75 Å². The van der Waals surface area contributed by atoms with E-state index in [1.54, 1.807) is 37.9 Å². The highest BCUT2D eigenvalue weighted by Crippen LogP contribution is 2.29. The minimum absolute atomic E-state index is 0.0460. The molecule has 4 aromatic rings. The minimum atomic E-state index is -3.23. The fraction of sp³-hybridized carbons (Fsp3) is 0.250. The van der Waals surface area contributed by atoms with Crippen LogP contribution in [0.3, 0.4) is 0 Å². The molecule has 0 unspecified atom stereocenters. The normalized spacial score (nSPS) is 11.8. The van der Waals surface area contributed by atoms with E-state index in [2.05, 4.69) is 5.10 Å². The zero-order chi connectivity index (χ0) is 22.2. The van der Waals surface area contributed by atoms with E-state index < -0.39 is 9.84 Å². The second kappa shape index (κ2) is 8.15. The van der Waals surface area contributed by atoms with Gasteiger partial charge < -0.3 is 4.57 Å². The summed E-state index contributed by atoms with van der Waals surface area (Å²) in [6.07, 6.45) is 3.53. The first-order valence-electron chi connectivity index (χ1n) is 10.2. The molecule has 0 saturated carbocycles. The molecule has 0 N–H and O–H groups in total. The van der Waals surface area contributed by atoms with Gasteiger partial charge in [0.15, 0.2) is 9.84 Å². The van der Waals surface area contributed by atoms with Crippen molar-refractivity contribution in [1.29, 1.82) is 0 Å². The maximum atomic E-state index is 12.4. The minimum Gasteiger partial charge on any atom is -0.318 e. The Balaban J connectivity index is 1.92. The summed E-state index contributed by atoms with van der Waals surface area (Å²) in [5.74, 6) is 0.0332. The third-order valence-corrected chi connectivity index (χ3v) is 7.16. The molecule has 6 nitrogen and oxygen atoms in total. The molecule has 7 heteroatoms. The Morgan fingerprint density at radius 3 is 2.45 bits per heavy atom. The number of nitrogens with zero attached hydrogens (tertiary/aromatic N) is 3. The molecule has 2 aromatic heterocycles. The number of pyridine rings is 1. The third-order valence-electron chi connectivity index (χ3n) is 5.53. The van der Waals surface area contributed by atoms with Crippen molar-refractivity contribution in [3.8, 4) is 11.1 Å². The highest BCUT2D eigenvalue weighted by molar-refractivity contribution is 7.90. The van der Waals surface area contributed by atoms with Crippen LogP contribution in [0.5, 0.6) is 0 Å². The van der Waals surface area contributed by atoms with Gasteiger partial charge in [0.25, 0.3) is 5.56 Å². The van der Waals surface area contributed by atoms with E-state index >= 15 is 0 Å².